The van der Waals surface area contributed by atoms with E-state index in [9.17, 15) is 0 Å². The number of hydrogen-bond donors (Lipinski definition) is 1. The van der Waals surface area contributed by atoms with Crippen LogP contribution in [0.25, 0.3) is 0 Å². The molecule has 0 spiro atoms. The molecule has 5 nitrogen and oxygen atoms in total. The van der Waals surface area contributed by atoms with Crippen LogP contribution >= 0.6 is 0 Å². The second-order valence-electron chi connectivity index (χ2n) is 5.58. The van der Waals surface area contributed by atoms with Crippen molar-refractivity contribution in [1.82, 2.24) is 20.4 Å². The van der Waals surface area contributed by atoms with Gasteiger partial charge in [0.05, 0.1) is 6.54 Å². The SMILES string of the molecule is CCCN(Cc1ncon1)C1CC2CCC(C1)N2. The highest BCUT2D eigenvalue weighted by Crippen LogP contribution is 2.30. The molecule has 0 saturated carbocycles. The molecule has 18 heavy (non-hydrogen) atoms. The van der Waals surface area contributed by atoms with Crippen molar-refractivity contribution in [3.8, 4) is 0 Å². The Morgan fingerprint density at radius 1 is 1.39 bits per heavy atom. The van der Waals surface area contributed by atoms with Crippen LogP contribution in [0.1, 0.15) is 44.9 Å². The molecular weight excluding hydrogens is 228 g/mol. The fraction of sp³-hybridized carbons (Fsp3) is 0.846. The van der Waals surface area contributed by atoms with Gasteiger partial charge < -0.3 is 9.84 Å². The molecule has 2 atom stereocenters. The van der Waals surface area contributed by atoms with Crippen LogP contribution in [0, 0.1) is 0 Å². The van der Waals surface area contributed by atoms with Gasteiger partial charge in [0.25, 0.3) is 0 Å². The third kappa shape index (κ3) is 2.57. The summed E-state index contributed by atoms with van der Waals surface area (Å²) in [6.45, 7) is 4.19. The summed E-state index contributed by atoms with van der Waals surface area (Å²) in [7, 11) is 0. The predicted octanol–water partition coefficient (Wildman–Crippen LogP) is 1.56. The molecule has 2 saturated heterocycles. The lowest BCUT2D eigenvalue weighted by Gasteiger charge is -2.37. The highest BCUT2D eigenvalue weighted by molar-refractivity contribution is 4.96. The van der Waals surface area contributed by atoms with Crippen LogP contribution in [-0.4, -0.2) is 39.7 Å². The molecule has 2 bridgehead atoms. The minimum absolute atomic E-state index is 0.683. The summed E-state index contributed by atoms with van der Waals surface area (Å²) >= 11 is 0. The smallest absolute Gasteiger partial charge is 0.213 e. The topological polar surface area (TPSA) is 54.2 Å². The van der Waals surface area contributed by atoms with Gasteiger partial charge in [-0.1, -0.05) is 12.1 Å². The van der Waals surface area contributed by atoms with Gasteiger partial charge in [0.15, 0.2) is 5.82 Å². The summed E-state index contributed by atoms with van der Waals surface area (Å²) in [5, 5.41) is 7.64. The Balaban J connectivity index is 1.65. The van der Waals surface area contributed by atoms with Crippen molar-refractivity contribution in [2.45, 2.75) is 63.7 Å². The van der Waals surface area contributed by atoms with Gasteiger partial charge in [0.1, 0.15) is 0 Å². The predicted molar refractivity (Wildman–Crippen MR) is 68.0 cm³/mol. The van der Waals surface area contributed by atoms with Crippen molar-refractivity contribution in [2.24, 2.45) is 0 Å². The largest absolute Gasteiger partial charge is 0.343 e. The first-order valence-corrected chi connectivity index (χ1v) is 7.10. The first-order valence-electron chi connectivity index (χ1n) is 7.10. The van der Waals surface area contributed by atoms with Crippen LogP contribution in [-0.2, 0) is 6.54 Å². The van der Waals surface area contributed by atoms with Crippen LogP contribution in [0.3, 0.4) is 0 Å². The average molecular weight is 250 g/mol. The minimum atomic E-state index is 0.683. The van der Waals surface area contributed by atoms with E-state index in [2.05, 4.69) is 27.3 Å². The number of nitrogens with zero attached hydrogens (tertiary/aromatic N) is 3. The normalized spacial score (nSPS) is 31.1. The molecule has 2 unspecified atom stereocenters. The quantitative estimate of drug-likeness (QED) is 0.859. The number of rotatable bonds is 5. The molecule has 0 aliphatic carbocycles. The summed E-state index contributed by atoms with van der Waals surface area (Å²) in [5.74, 6) is 0.814. The summed E-state index contributed by atoms with van der Waals surface area (Å²) in [6.07, 6.45) is 7.85. The Hall–Kier alpha value is -0.940. The lowest BCUT2D eigenvalue weighted by molar-refractivity contribution is 0.129. The number of hydrogen-bond acceptors (Lipinski definition) is 5. The molecule has 0 radical (unpaired) electrons. The molecule has 5 heteroatoms. The molecule has 100 valence electrons. The van der Waals surface area contributed by atoms with Crippen LogP contribution in [0.2, 0.25) is 0 Å². The number of nitrogens with one attached hydrogen (secondary N) is 1. The van der Waals surface area contributed by atoms with Crippen molar-refractivity contribution in [3.63, 3.8) is 0 Å². The van der Waals surface area contributed by atoms with Crippen LogP contribution in [0.5, 0.6) is 0 Å². The van der Waals surface area contributed by atoms with E-state index in [0.717, 1.165) is 31.0 Å². The standard InChI is InChI=1S/C13H22N4O/c1-2-5-17(8-13-14-9-18-16-13)12-6-10-3-4-11(7-12)15-10/h9-12,15H,2-8H2,1H3. The molecule has 0 amide bonds. The molecule has 1 aromatic heterocycles. The maximum absolute atomic E-state index is 4.84. The van der Waals surface area contributed by atoms with Gasteiger partial charge in [-0.3, -0.25) is 4.90 Å². The van der Waals surface area contributed by atoms with Crippen molar-refractivity contribution >= 4 is 0 Å². The van der Waals surface area contributed by atoms with Gasteiger partial charge in [-0.15, -0.1) is 0 Å². The Morgan fingerprint density at radius 2 is 2.17 bits per heavy atom. The van der Waals surface area contributed by atoms with E-state index in [0.29, 0.717) is 6.04 Å². The van der Waals surface area contributed by atoms with Crippen molar-refractivity contribution in [2.75, 3.05) is 6.54 Å². The van der Waals surface area contributed by atoms with E-state index in [1.807, 2.05) is 0 Å². The zero-order valence-corrected chi connectivity index (χ0v) is 11.0. The Bertz CT molecular complexity index is 355. The maximum atomic E-state index is 4.84. The molecule has 3 rings (SSSR count). The zero-order chi connectivity index (χ0) is 12.4. The molecular formula is C13H22N4O. The van der Waals surface area contributed by atoms with E-state index >= 15 is 0 Å². The van der Waals surface area contributed by atoms with Crippen molar-refractivity contribution in [1.29, 1.82) is 0 Å². The Kier molecular flexibility index (Phi) is 3.61. The van der Waals surface area contributed by atoms with Crippen molar-refractivity contribution < 1.29 is 4.52 Å². The highest BCUT2D eigenvalue weighted by atomic mass is 16.5. The summed E-state index contributed by atoms with van der Waals surface area (Å²) < 4.78 is 4.84. The average Bonchev–Trinajstić information content (AvgIpc) is 2.99. The highest BCUT2D eigenvalue weighted by Gasteiger charge is 2.36. The number of fused-ring (bicyclic) bond motifs is 2. The van der Waals surface area contributed by atoms with Gasteiger partial charge in [0.2, 0.25) is 6.39 Å². The fourth-order valence-electron chi connectivity index (χ4n) is 3.45. The third-order valence-electron chi connectivity index (χ3n) is 4.23. The second-order valence-corrected chi connectivity index (χ2v) is 5.58. The molecule has 1 N–H and O–H groups in total. The van der Waals surface area contributed by atoms with Crippen LogP contribution in [0.15, 0.2) is 10.9 Å². The van der Waals surface area contributed by atoms with Crippen LogP contribution < -0.4 is 5.32 Å². The molecule has 2 aliphatic rings. The van der Waals surface area contributed by atoms with Crippen LogP contribution in [0.4, 0.5) is 0 Å². The monoisotopic (exact) mass is 250 g/mol. The summed E-state index contributed by atoms with van der Waals surface area (Å²) in [6, 6.07) is 2.15. The minimum Gasteiger partial charge on any atom is -0.343 e. The lowest BCUT2D eigenvalue weighted by atomic mass is 9.98. The van der Waals surface area contributed by atoms with Gasteiger partial charge in [-0.2, -0.15) is 4.98 Å². The van der Waals surface area contributed by atoms with E-state index in [-0.39, 0.29) is 0 Å². The molecule has 2 aliphatic heterocycles. The fourth-order valence-corrected chi connectivity index (χ4v) is 3.45. The Labute approximate surface area is 108 Å². The van der Waals surface area contributed by atoms with E-state index in [1.54, 1.807) is 0 Å². The molecule has 2 fully saturated rings. The zero-order valence-electron chi connectivity index (χ0n) is 11.0. The first kappa shape index (κ1) is 12.1. The number of aromatic nitrogens is 2. The molecule has 3 heterocycles. The van der Waals surface area contributed by atoms with Gasteiger partial charge in [-0.25, -0.2) is 0 Å². The van der Waals surface area contributed by atoms with E-state index in [1.165, 1.54) is 38.5 Å². The molecule has 1 aromatic rings. The van der Waals surface area contributed by atoms with Gasteiger partial charge in [-0.05, 0) is 38.6 Å². The molecule has 0 aromatic carbocycles. The summed E-state index contributed by atoms with van der Waals surface area (Å²) in [5.41, 5.74) is 0. The number of piperidine rings is 1. The third-order valence-corrected chi connectivity index (χ3v) is 4.23. The first-order chi connectivity index (χ1) is 8.85. The van der Waals surface area contributed by atoms with E-state index in [4.69, 9.17) is 4.52 Å². The van der Waals surface area contributed by atoms with E-state index < -0.39 is 0 Å². The summed E-state index contributed by atoms with van der Waals surface area (Å²) in [4.78, 5) is 6.69. The van der Waals surface area contributed by atoms with Gasteiger partial charge in [0, 0.05) is 18.1 Å². The van der Waals surface area contributed by atoms with Crippen molar-refractivity contribution in [3.05, 3.63) is 12.2 Å². The lowest BCUT2D eigenvalue weighted by Crippen LogP contribution is -2.48. The Morgan fingerprint density at radius 3 is 2.78 bits per heavy atom. The van der Waals surface area contributed by atoms with Gasteiger partial charge >= 0.3 is 0 Å². The second kappa shape index (κ2) is 5.36. The maximum Gasteiger partial charge on any atom is 0.213 e.